The van der Waals surface area contributed by atoms with Crippen molar-refractivity contribution in [1.82, 2.24) is 4.98 Å². The minimum Gasteiger partial charge on any atom is -0.337 e. The van der Waals surface area contributed by atoms with Gasteiger partial charge in [-0.2, -0.15) is 0 Å². The minimum absolute atomic E-state index is 1.16. The second kappa shape index (κ2) is 5.52. The van der Waals surface area contributed by atoms with Crippen molar-refractivity contribution in [3.05, 3.63) is 23.8 Å². The van der Waals surface area contributed by atoms with Gasteiger partial charge >= 0.3 is 0 Å². The zero-order valence-corrected chi connectivity index (χ0v) is 10.8. The Morgan fingerprint density at radius 3 is 2.79 bits per heavy atom. The number of hydrogen-bond donors (Lipinski definition) is 1. The minimum atomic E-state index is -1.16. The van der Waals surface area contributed by atoms with Gasteiger partial charge < -0.3 is 4.98 Å². The summed E-state index contributed by atoms with van der Waals surface area (Å²) in [5.41, 5.74) is 1.62. The van der Waals surface area contributed by atoms with Crippen molar-refractivity contribution in [2.24, 2.45) is 0 Å². The molecule has 0 amide bonds. The molecule has 14 heavy (non-hydrogen) atoms. The van der Waals surface area contributed by atoms with E-state index >= 15 is 0 Å². The molecule has 0 fully saturated rings. The lowest BCUT2D eigenvalue weighted by atomic mass is 10.3. The van der Waals surface area contributed by atoms with Crippen molar-refractivity contribution in [3.63, 3.8) is 0 Å². The first kappa shape index (κ1) is 11.7. The van der Waals surface area contributed by atoms with Crippen LogP contribution < -0.4 is 4.98 Å². The summed E-state index contributed by atoms with van der Waals surface area (Å²) in [7, 11) is -1.16. The Bertz CT molecular complexity index is 228. The Kier molecular flexibility index (Phi) is 4.62. The summed E-state index contributed by atoms with van der Waals surface area (Å²) < 4.78 is 0. The third-order valence-corrected chi connectivity index (χ3v) is 5.20. The van der Waals surface area contributed by atoms with E-state index in [-0.39, 0.29) is 0 Å². The zero-order valence-electron chi connectivity index (χ0n) is 9.77. The fourth-order valence-corrected chi connectivity index (χ4v) is 4.23. The van der Waals surface area contributed by atoms with Crippen LogP contribution in [0.3, 0.4) is 0 Å². The summed E-state index contributed by atoms with van der Waals surface area (Å²) >= 11 is 0. The molecule has 1 aliphatic rings. The zero-order chi connectivity index (χ0) is 10.4. The molecule has 0 radical (unpaired) electrons. The summed E-state index contributed by atoms with van der Waals surface area (Å²) in [5.74, 6) is 0. The summed E-state index contributed by atoms with van der Waals surface area (Å²) in [6.07, 6.45) is 10.5. The van der Waals surface area contributed by atoms with Crippen molar-refractivity contribution in [1.29, 1.82) is 0 Å². The predicted molar refractivity (Wildman–Crippen MR) is 67.0 cm³/mol. The summed E-state index contributed by atoms with van der Waals surface area (Å²) in [6.45, 7) is 8.32. The second-order valence-electron chi connectivity index (χ2n) is 4.80. The van der Waals surface area contributed by atoms with Crippen molar-refractivity contribution in [2.45, 2.75) is 45.3 Å². The molecule has 0 atom stereocenters. The molecule has 2 heteroatoms. The Balaban J connectivity index is 2.26. The summed E-state index contributed by atoms with van der Waals surface area (Å²) in [5, 5.41) is 0. The van der Waals surface area contributed by atoms with Gasteiger partial charge in [-0.15, -0.1) is 0 Å². The van der Waals surface area contributed by atoms with Crippen LogP contribution in [0.2, 0.25) is 19.1 Å². The number of unbranched alkanes of at least 4 members (excludes halogenated alkanes) is 1. The highest BCUT2D eigenvalue weighted by Gasteiger charge is 2.21. The van der Waals surface area contributed by atoms with Gasteiger partial charge in [0.05, 0.1) is 0 Å². The van der Waals surface area contributed by atoms with E-state index in [9.17, 15) is 0 Å². The first-order valence-corrected chi connectivity index (χ1v) is 8.94. The fourth-order valence-electron chi connectivity index (χ4n) is 1.86. The van der Waals surface area contributed by atoms with E-state index in [1.807, 2.05) is 0 Å². The van der Waals surface area contributed by atoms with Crippen molar-refractivity contribution in [2.75, 3.05) is 6.54 Å². The van der Waals surface area contributed by atoms with Crippen LogP contribution in [-0.2, 0) is 0 Å². The standard InChI is InChI=1S/C12H23NSi/c1-4-5-10-13-14(2,3)11-12-8-6-7-9-12/h6-8,13H,4-5,9-11H2,1-3H3. The van der Waals surface area contributed by atoms with E-state index in [1.165, 1.54) is 31.9 Å². The first-order chi connectivity index (χ1) is 6.64. The molecule has 0 bridgehead atoms. The maximum Gasteiger partial charge on any atom is 0.123 e. The molecule has 0 aromatic heterocycles. The maximum atomic E-state index is 3.76. The molecule has 1 aliphatic carbocycles. The number of nitrogens with one attached hydrogen (secondary N) is 1. The van der Waals surface area contributed by atoms with Crippen LogP contribution in [-0.4, -0.2) is 14.8 Å². The maximum absolute atomic E-state index is 3.76. The van der Waals surface area contributed by atoms with E-state index in [0.717, 1.165) is 0 Å². The molecular weight excluding hydrogens is 186 g/mol. The molecule has 1 nitrogen and oxygen atoms in total. The molecule has 0 aliphatic heterocycles. The van der Waals surface area contributed by atoms with Crippen LogP contribution in [0, 0.1) is 0 Å². The molecular formula is C12H23NSi. The quantitative estimate of drug-likeness (QED) is 0.522. The molecule has 1 rings (SSSR count). The van der Waals surface area contributed by atoms with Crippen molar-refractivity contribution in [3.8, 4) is 0 Å². The van der Waals surface area contributed by atoms with Crippen LogP contribution in [0.1, 0.15) is 26.2 Å². The lowest BCUT2D eigenvalue weighted by Gasteiger charge is -2.24. The SMILES string of the molecule is CCCCN[Si](C)(C)CC1=CC=CC1. The number of rotatable bonds is 6. The van der Waals surface area contributed by atoms with Crippen molar-refractivity contribution < 1.29 is 0 Å². The normalized spacial score (nSPS) is 16.1. The van der Waals surface area contributed by atoms with Gasteiger partial charge in [0.2, 0.25) is 0 Å². The number of hydrogen-bond acceptors (Lipinski definition) is 1. The third kappa shape index (κ3) is 4.25. The van der Waals surface area contributed by atoms with E-state index in [0.29, 0.717) is 0 Å². The monoisotopic (exact) mass is 209 g/mol. The highest BCUT2D eigenvalue weighted by molar-refractivity contribution is 6.75. The average Bonchev–Trinajstić information content (AvgIpc) is 2.56. The highest BCUT2D eigenvalue weighted by Crippen LogP contribution is 2.21. The van der Waals surface area contributed by atoms with Gasteiger partial charge in [0.1, 0.15) is 8.24 Å². The van der Waals surface area contributed by atoms with Crippen molar-refractivity contribution >= 4 is 8.24 Å². The van der Waals surface area contributed by atoms with E-state index in [2.05, 4.69) is 43.2 Å². The first-order valence-electron chi connectivity index (χ1n) is 5.73. The molecule has 0 saturated carbocycles. The van der Waals surface area contributed by atoms with Gasteiger partial charge in [-0.3, -0.25) is 0 Å². The molecule has 0 aromatic carbocycles. The smallest absolute Gasteiger partial charge is 0.123 e. The Morgan fingerprint density at radius 2 is 2.21 bits per heavy atom. The van der Waals surface area contributed by atoms with Crippen LogP contribution >= 0.6 is 0 Å². The topological polar surface area (TPSA) is 12.0 Å². The molecule has 80 valence electrons. The van der Waals surface area contributed by atoms with E-state index in [1.54, 1.807) is 5.57 Å². The molecule has 0 unspecified atom stereocenters. The van der Waals surface area contributed by atoms with Gasteiger partial charge in [-0.05, 0) is 25.4 Å². The van der Waals surface area contributed by atoms with Gasteiger partial charge in [-0.1, -0.05) is 50.2 Å². The van der Waals surface area contributed by atoms with Gasteiger partial charge in [0, 0.05) is 0 Å². The molecule has 0 spiro atoms. The fraction of sp³-hybridized carbons (Fsp3) is 0.667. The van der Waals surface area contributed by atoms with Gasteiger partial charge in [-0.25, -0.2) is 0 Å². The summed E-state index contributed by atoms with van der Waals surface area (Å²) in [6, 6.07) is 1.31. The highest BCUT2D eigenvalue weighted by atomic mass is 28.3. The number of allylic oxidation sites excluding steroid dienone is 4. The average molecular weight is 209 g/mol. The second-order valence-corrected chi connectivity index (χ2v) is 9.27. The molecule has 0 heterocycles. The van der Waals surface area contributed by atoms with Crippen LogP contribution in [0.15, 0.2) is 23.8 Å². The molecule has 0 saturated heterocycles. The van der Waals surface area contributed by atoms with Crippen LogP contribution in [0.5, 0.6) is 0 Å². The summed E-state index contributed by atoms with van der Waals surface area (Å²) in [4.78, 5) is 3.76. The van der Waals surface area contributed by atoms with Gasteiger partial charge in [0.15, 0.2) is 0 Å². The van der Waals surface area contributed by atoms with E-state index in [4.69, 9.17) is 0 Å². The van der Waals surface area contributed by atoms with Gasteiger partial charge in [0.25, 0.3) is 0 Å². The molecule has 0 aromatic rings. The molecule has 1 N–H and O–H groups in total. The third-order valence-electron chi connectivity index (χ3n) is 2.65. The van der Waals surface area contributed by atoms with Crippen LogP contribution in [0.25, 0.3) is 0 Å². The Morgan fingerprint density at radius 1 is 1.43 bits per heavy atom. The predicted octanol–water partition coefficient (Wildman–Crippen LogP) is 3.47. The Labute approximate surface area is 89.4 Å². The largest absolute Gasteiger partial charge is 0.337 e. The van der Waals surface area contributed by atoms with E-state index < -0.39 is 8.24 Å². The lowest BCUT2D eigenvalue weighted by molar-refractivity contribution is 0.752. The van der Waals surface area contributed by atoms with Crippen LogP contribution in [0.4, 0.5) is 0 Å². The Hall–Kier alpha value is -0.343. The lowest BCUT2D eigenvalue weighted by Crippen LogP contribution is -2.45.